The van der Waals surface area contributed by atoms with Crippen molar-refractivity contribution in [3.8, 4) is 0 Å². The van der Waals surface area contributed by atoms with E-state index in [1.54, 1.807) is 18.5 Å². The van der Waals surface area contributed by atoms with Gasteiger partial charge in [-0.2, -0.15) is 0 Å². The Morgan fingerprint density at radius 3 is 2.80 bits per heavy atom. The molecule has 0 spiro atoms. The number of piperazine rings is 1. The molecular formula is C18H21FN6. The Bertz CT molecular complexity index is 826. The van der Waals surface area contributed by atoms with Gasteiger partial charge in [0.05, 0.1) is 17.2 Å². The molecule has 0 bridgehead atoms. The lowest BCUT2D eigenvalue weighted by molar-refractivity contribution is 0.254. The van der Waals surface area contributed by atoms with Crippen LogP contribution in [0.15, 0.2) is 36.8 Å². The lowest BCUT2D eigenvalue weighted by Gasteiger charge is -2.35. The quantitative estimate of drug-likeness (QED) is 0.772. The van der Waals surface area contributed by atoms with E-state index < -0.39 is 0 Å². The van der Waals surface area contributed by atoms with Crippen molar-refractivity contribution in [1.29, 1.82) is 0 Å². The number of benzene rings is 1. The molecule has 130 valence electrons. The Balaban J connectivity index is 1.25. The third-order valence-electron chi connectivity index (χ3n) is 4.63. The maximum Gasteiger partial charge on any atom is 0.147 e. The summed E-state index contributed by atoms with van der Waals surface area (Å²) in [5, 5.41) is 0. The van der Waals surface area contributed by atoms with Gasteiger partial charge in [-0.25, -0.2) is 14.4 Å². The van der Waals surface area contributed by atoms with E-state index in [4.69, 9.17) is 0 Å². The first-order chi connectivity index (χ1) is 12.3. The number of imidazole rings is 1. The Hall–Kier alpha value is -2.54. The second kappa shape index (κ2) is 7.14. The summed E-state index contributed by atoms with van der Waals surface area (Å²) in [5.41, 5.74) is 1.60. The number of nitrogens with zero attached hydrogens (tertiary/aromatic N) is 5. The number of fused-ring (bicyclic) bond motifs is 1. The highest BCUT2D eigenvalue weighted by Crippen LogP contribution is 2.15. The predicted molar refractivity (Wildman–Crippen MR) is 95.1 cm³/mol. The van der Waals surface area contributed by atoms with Crippen molar-refractivity contribution >= 4 is 16.9 Å². The zero-order chi connectivity index (χ0) is 17.1. The summed E-state index contributed by atoms with van der Waals surface area (Å²) < 4.78 is 13.2. The summed E-state index contributed by atoms with van der Waals surface area (Å²) in [4.78, 5) is 21.0. The first kappa shape index (κ1) is 16.0. The standard InChI is InChI=1S/C18H21FN6/c19-14-3-4-15-16(12-14)23-17(22-15)2-1-7-24-8-10-25(11-9-24)18-13-20-5-6-21-18/h3-6,12-13H,1-2,7-11H2,(H,22,23). The second-order valence-corrected chi connectivity index (χ2v) is 6.34. The summed E-state index contributed by atoms with van der Waals surface area (Å²) in [7, 11) is 0. The SMILES string of the molecule is Fc1ccc2nc(CCCN3CCN(c4cnccn4)CC3)[nH]c2c1. The number of hydrogen-bond donors (Lipinski definition) is 1. The van der Waals surface area contributed by atoms with Crippen LogP contribution in [0.1, 0.15) is 12.2 Å². The molecule has 3 heterocycles. The fourth-order valence-corrected chi connectivity index (χ4v) is 3.28. The number of aromatic amines is 1. The number of aryl methyl sites for hydroxylation is 1. The topological polar surface area (TPSA) is 60.9 Å². The van der Waals surface area contributed by atoms with Gasteiger partial charge in [0.15, 0.2) is 0 Å². The van der Waals surface area contributed by atoms with E-state index in [2.05, 4.69) is 29.7 Å². The Morgan fingerprint density at radius 2 is 2.00 bits per heavy atom. The van der Waals surface area contributed by atoms with Gasteiger partial charge in [0.25, 0.3) is 0 Å². The van der Waals surface area contributed by atoms with Crippen molar-refractivity contribution in [3.63, 3.8) is 0 Å². The van der Waals surface area contributed by atoms with E-state index in [0.29, 0.717) is 0 Å². The fourth-order valence-electron chi connectivity index (χ4n) is 3.28. The molecule has 0 aliphatic carbocycles. The van der Waals surface area contributed by atoms with Crippen LogP contribution in [0.4, 0.5) is 10.2 Å². The van der Waals surface area contributed by atoms with Crippen molar-refractivity contribution in [2.75, 3.05) is 37.6 Å². The van der Waals surface area contributed by atoms with Gasteiger partial charge in [-0.05, 0) is 31.2 Å². The van der Waals surface area contributed by atoms with Crippen LogP contribution in [0.25, 0.3) is 11.0 Å². The minimum Gasteiger partial charge on any atom is -0.353 e. The van der Waals surface area contributed by atoms with E-state index in [9.17, 15) is 4.39 Å². The highest BCUT2D eigenvalue weighted by Gasteiger charge is 2.17. The minimum atomic E-state index is -0.233. The molecule has 0 unspecified atom stereocenters. The summed E-state index contributed by atoms with van der Waals surface area (Å²) >= 11 is 0. The van der Waals surface area contributed by atoms with Crippen molar-refractivity contribution in [2.45, 2.75) is 12.8 Å². The molecule has 0 atom stereocenters. The average Bonchev–Trinajstić information content (AvgIpc) is 3.05. The summed E-state index contributed by atoms with van der Waals surface area (Å²) in [6.07, 6.45) is 7.17. The molecule has 2 aromatic heterocycles. The van der Waals surface area contributed by atoms with E-state index in [1.165, 1.54) is 12.1 Å². The number of hydrogen-bond acceptors (Lipinski definition) is 5. The normalized spacial score (nSPS) is 15.8. The van der Waals surface area contributed by atoms with Gasteiger partial charge in [0.2, 0.25) is 0 Å². The molecule has 4 rings (SSSR count). The zero-order valence-corrected chi connectivity index (χ0v) is 14.0. The molecule has 7 heteroatoms. The smallest absolute Gasteiger partial charge is 0.147 e. The number of anilines is 1. The van der Waals surface area contributed by atoms with Crippen LogP contribution < -0.4 is 4.90 Å². The molecular weight excluding hydrogens is 319 g/mol. The Labute approximate surface area is 145 Å². The fraction of sp³-hybridized carbons (Fsp3) is 0.389. The van der Waals surface area contributed by atoms with Crippen molar-refractivity contribution in [3.05, 3.63) is 48.4 Å². The maximum atomic E-state index is 13.2. The molecule has 0 amide bonds. The van der Waals surface area contributed by atoms with Crippen LogP contribution in [-0.4, -0.2) is 57.6 Å². The molecule has 1 N–H and O–H groups in total. The largest absolute Gasteiger partial charge is 0.353 e. The van der Waals surface area contributed by atoms with Gasteiger partial charge in [0, 0.05) is 45.0 Å². The van der Waals surface area contributed by atoms with Gasteiger partial charge in [-0.1, -0.05) is 0 Å². The summed E-state index contributed by atoms with van der Waals surface area (Å²) in [6.45, 7) is 5.05. The average molecular weight is 340 g/mol. The molecule has 3 aromatic rings. The molecule has 1 aromatic carbocycles. The van der Waals surface area contributed by atoms with Gasteiger partial charge in [-0.3, -0.25) is 9.88 Å². The number of nitrogens with one attached hydrogen (secondary N) is 1. The van der Waals surface area contributed by atoms with Crippen molar-refractivity contribution in [2.24, 2.45) is 0 Å². The number of aromatic nitrogens is 4. The third kappa shape index (κ3) is 3.76. The highest BCUT2D eigenvalue weighted by atomic mass is 19.1. The van der Waals surface area contributed by atoms with Crippen LogP contribution >= 0.6 is 0 Å². The van der Waals surface area contributed by atoms with Gasteiger partial charge >= 0.3 is 0 Å². The highest BCUT2D eigenvalue weighted by molar-refractivity contribution is 5.74. The Kier molecular flexibility index (Phi) is 4.56. The monoisotopic (exact) mass is 340 g/mol. The number of rotatable bonds is 5. The van der Waals surface area contributed by atoms with E-state index in [0.717, 1.165) is 68.2 Å². The molecule has 1 aliphatic heterocycles. The van der Waals surface area contributed by atoms with Gasteiger partial charge < -0.3 is 9.88 Å². The minimum absolute atomic E-state index is 0.233. The predicted octanol–water partition coefficient (Wildman–Crippen LogP) is 2.25. The lowest BCUT2D eigenvalue weighted by atomic mass is 10.2. The lowest BCUT2D eigenvalue weighted by Crippen LogP contribution is -2.47. The molecule has 0 saturated carbocycles. The van der Waals surface area contributed by atoms with E-state index >= 15 is 0 Å². The molecule has 6 nitrogen and oxygen atoms in total. The summed E-state index contributed by atoms with van der Waals surface area (Å²) in [5.74, 6) is 1.65. The zero-order valence-electron chi connectivity index (χ0n) is 14.0. The van der Waals surface area contributed by atoms with Crippen LogP contribution in [0.3, 0.4) is 0 Å². The molecule has 0 radical (unpaired) electrons. The van der Waals surface area contributed by atoms with Crippen LogP contribution in [0, 0.1) is 5.82 Å². The molecule has 25 heavy (non-hydrogen) atoms. The van der Waals surface area contributed by atoms with Gasteiger partial charge in [0.1, 0.15) is 17.5 Å². The molecule has 1 saturated heterocycles. The summed E-state index contributed by atoms with van der Waals surface area (Å²) in [6, 6.07) is 4.66. The Morgan fingerprint density at radius 1 is 1.12 bits per heavy atom. The van der Waals surface area contributed by atoms with Crippen molar-refractivity contribution < 1.29 is 4.39 Å². The number of halogens is 1. The molecule has 1 aliphatic rings. The van der Waals surface area contributed by atoms with Crippen LogP contribution in [0.5, 0.6) is 0 Å². The number of H-pyrrole nitrogens is 1. The van der Waals surface area contributed by atoms with Gasteiger partial charge in [-0.15, -0.1) is 0 Å². The second-order valence-electron chi connectivity index (χ2n) is 6.34. The first-order valence-corrected chi connectivity index (χ1v) is 8.65. The molecule has 1 fully saturated rings. The van der Waals surface area contributed by atoms with Crippen LogP contribution in [-0.2, 0) is 6.42 Å². The first-order valence-electron chi connectivity index (χ1n) is 8.65. The van der Waals surface area contributed by atoms with Crippen LogP contribution in [0.2, 0.25) is 0 Å². The van der Waals surface area contributed by atoms with E-state index in [1.807, 2.05) is 6.20 Å². The third-order valence-corrected chi connectivity index (χ3v) is 4.63. The maximum absolute atomic E-state index is 13.2. The van der Waals surface area contributed by atoms with E-state index in [-0.39, 0.29) is 5.82 Å². The van der Waals surface area contributed by atoms with Crippen molar-refractivity contribution in [1.82, 2.24) is 24.8 Å².